The summed E-state index contributed by atoms with van der Waals surface area (Å²) < 4.78 is 19.4. The molecule has 0 unspecified atom stereocenters. The van der Waals surface area contributed by atoms with E-state index in [1.165, 1.54) is 12.1 Å². The lowest BCUT2D eigenvalue weighted by Crippen LogP contribution is -1.99. The molecule has 0 aliphatic heterocycles. The fourth-order valence-electron chi connectivity index (χ4n) is 1.80. The minimum atomic E-state index is -0.807. The van der Waals surface area contributed by atoms with Crippen LogP contribution in [0.25, 0.3) is 0 Å². The lowest BCUT2D eigenvalue weighted by atomic mass is 10.1. The standard InChI is InChI=1S/C16H14BrFO3/c17-14-7-6-13(18)9-15(14)21-10-12-3-1-11(2-4-12)5-8-16(19)20/h1-4,6-7,9H,5,8,10H2,(H,19,20). The predicted molar refractivity (Wildman–Crippen MR) is 80.8 cm³/mol. The van der Waals surface area contributed by atoms with Crippen LogP contribution in [-0.2, 0) is 17.8 Å². The van der Waals surface area contributed by atoms with Gasteiger partial charge in [0.05, 0.1) is 4.47 Å². The van der Waals surface area contributed by atoms with Crippen molar-refractivity contribution >= 4 is 21.9 Å². The van der Waals surface area contributed by atoms with Crippen molar-refractivity contribution < 1.29 is 19.0 Å². The van der Waals surface area contributed by atoms with E-state index in [1.807, 2.05) is 24.3 Å². The fraction of sp³-hybridized carbons (Fsp3) is 0.188. The van der Waals surface area contributed by atoms with Crippen molar-refractivity contribution in [1.29, 1.82) is 0 Å². The van der Waals surface area contributed by atoms with E-state index in [2.05, 4.69) is 15.9 Å². The maximum absolute atomic E-state index is 13.1. The molecule has 0 aliphatic carbocycles. The zero-order chi connectivity index (χ0) is 15.2. The first-order valence-corrected chi connectivity index (χ1v) is 7.21. The van der Waals surface area contributed by atoms with Gasteiger partial charge in [0.2, 0.25) is 0 Å². The second kappa shape index (κ2) is 7.22. The van der Waals surface area contributed by atoms with Gasteiger partial charge >= 0.3 is 5.97 Å². The van der Waals surface area contributed by atoms with Crippen LogP contribution < -0.4 is 4.74 Å². The minimum Gasteiger partial charge on any atom is -0.488 e. The molecule has 0 heterocycles. The van der Waals surface area contributed by atoms with Crippen LogP contribution in [0, 0.1) is 5.82 Å². The van der Waals surface area contributed by atoms with Crippen molar-refractivity contribution in [2.75, 3.05) is 0 Å². The Morgan fingerprint density at radius 3 is 2.48 bits per heavy atom. The number of rotatable bonds is 6. The molecule has 2 rings (SSSR count). The normalized spacial score (nSPS) is 10.4. The molecule has 110 valence electrons. The number of carboxylic acid groups (broad SMARTS) is 1. The lowest BCUT2D eigenvalue weighted by molar-refractivity contribution is -0.136. The molecule has 2 aromatic rings. The molecular weight excluding hydrogens is 339 g/mol. The zero-order valence-electron chi connectivity index (χ0n) is 11.2. The lowest BCUT2D eigenvalue weighted by Gasteiger charge is -2.09. The van der Waals surface area contributed by atoms with E-state index < -0.39 is 5.97 Å². The van der Waals surface area contributed by atoms with Crippen molar-refractivity contribution in [1.82, 2.24) is 0 Å². The van der Waals surface area contributed by atoms with Gasteiger partial charge in [0, 0.05) is 12.5 Å². The number of hydrogen-bond donors (Lipinski definition) is 1. The van der Waals surface area contributed by atoms with E-state index in [-0.39, 0.29) is 12.2 Å². The minimum absolute atomic E-state index is 0.117. The first-order chi connectivity index (χ1) is 10.0. The molecule has 3 nitrogen and oxygen atoms in total. The van der Waals surface area contributed by atoms with Crippen LogP contribution in [0.15, 0.2) is 46.9 Å². The summed E-state index contributed by atoms with van der Waals surface area (Å²) in [5.41, 5.74) is 1.90. The molecule has 0 aromatic heterocycles. The van der Waals surface area contributed by atoms with Crippen LogP contribution in [0.3, 0.4) is 0 Å². The van der Waals surface area contributed by atoms with E-state index in [0.717, 1.165) is 11.1 Å². The summed E-state index contributed by atoms with van der Waals surface area (Å²) in [4.78, 5) is 10.5. The number of hydrogen-bond acceptors (Lipinski definition) is 2. The molecule has 21 heavy (non-hydrogen) atoms. The van der Waals surface area contributed by atoms with Crippen LogP contribution in [0.5, 0.6) is 5.75 Å². The summed E-state index contributed by atoms with van der Waals surface area (Å²) in [6.07, 6.45) is 0.623. The Hall–Kier alpha value is -1.88. The van der Waals surface area contributed by atoms with E-state index in [9.17, 15) is 9.18 Å². The van der Waals surface area contributed by atoms with Crippen LogP contribution in [-0.4, -0.2) is 11.1 Å². The van der Waals surface area contributed by atoms with E-state index >= 15 is 0 Å². The molecule has 0 aliphatic rings. The second-order valence-electron chi connectivity index (χ2n) is 4.57. The molecule has 0 atom stereocenters. The van der Waals surface area contributed by atoms with Gasteiger partial charge in [0.15, 0.2) is 0 Å². The zero-order valence-corrected chi connectivity index (χ0v) is 12.8. The van der Waals surface area contributed by atoms with Gasteiger partial charge in [0.1, 0.15) is 18.2 Å². The number of carboxylic acids is 1. The monoisotopic (exact) mass is 352 g/mol. The number of carbonyl (C=O) groups is 1. The Kier molecular flexibility index (Phi) is 5.33. The van der Waals surface area contributed by atoms with Crippen LogP contribution in [0.1, 0.15) is 17.5 Å². The molecule has 0 amide bonds. The van der Waals surface area contributed by atoms with Crippen molar-refractivity contribution in [3.05, 3.63) is 63.9 Å². The maximum atomic E-state index is 13.1. The van der Waals surface area contributed by atoms with Gasteiger partial charge in [0.25, 0.3) is 0 Å². The van der Waals surface area contributed by atoms with Gasteiger partial charge in [-0.05, 0) is 45.6 Å². The fourth-order valence-corrected chi connectivity index (χ4v) is 2.16. The molecule has 0 saturated carbocycles. The predicted octanol–water partition coefficient (Wildman–Crippen LogP) is 4.18. The van der Waals surface area contributed by atoms with Crippen molar-refractivity contribution in [3.63, 3.8) is 0 Å². The van der Waals surface area contributed by atoms with Gasteiger partial charge in [-0.2, -0.15) is 0 Å². The summed E-state index contributed by atoms with van der Waals surface area (Å²) in [5.74, 6) is -0.708. The Balaban J connectivity index is 1.94. The highest BCUT2D eigenvalue weighted by Gasteiger charge is 2.04. The third-order valence-corrected chi connectivity index (χ3v) is 3.59. The number of halogens is 2. The van der Waals surface area contributed by atoms with Gasteiger partial charge in [-0.15, -0.1) is 0 Å². The van der Waals surface area contributed by atoms with Crippen molar-refractivity contribution in [2.45, 2.75) is 19.4 Å². The SMILES string of the molecule is O=C(O)CCc1ccc(COc2cc(F)ccc2Br)cc1. The van der Waals surface area contributed by atoms with Crippen molar-refractivity contribution in [2.24, 2.45) is 0 Å². The largest absolute Gasteiger partial charge is 0.488 e. The van der Waals surface area contributed by atoms with Crippen LogP contribution >= 0.6 is 15.9 Å². The van der Waals surface area contributed by atoms with E-state index in [4.69, 9.17) is 9.84 Å². The molecule has 0 spiro atoms. The Morgan fingerprint density at radius 2 is 1.81 bits per heavy atom. The van der Waals surface area contributed by atoms with Gasteiger partial charge < -0.3 is 9.84 Å². The Morgan fingerprint density at radius 1 is 1.14 bits per heavy atom. The Labute approximate surface area is 130 Å². The highest BCUT2D eigenvalue weighted by atomic mass is 79.9. The number of benzene rings is 2. The summed E-state index contributed by atoms with van der Waals surface area (Å²) in [5, 5.41) is 8.63. The smallest absolute Gasteiger partial charge is 0.303 e. The van der Waals surface area contributed by atoms with E-state index in [0.29, 0.717) is 23.2 Å². The summed E-state index contributed by atoms with van der Waals surface area (Å²) in [6, 6.07) is 11.8. The molecule has 2 aromatic carbocycles. The van der Waals surface area contributed by atoms with Crippen LogP contribution in [0.2, 0.25) is 0 Å². The first kappa shape index (κ1) is 15.5. The maximum Gasteiger partial charge on any atom is 0.303 e. The van der Waals surface area contributed by atoms with Gasteiger partial charge in [-0.3, -0.25) is 4.79 Å². The third-order valence-electron chi connectivity index (χ3n) is 2.94. The summed E-state index contributed by atoms with van der Waals surface area (Å²) in [7, 11) is 0. The number of ether oxygens (including phenoxy) is 1. The molecule has 0 fully saturated rings. The quantitative estimate of drug-likeness (QED) is 0.847. The molecular formula is C16H14BrFO3. The topological polar surface area (TPSA) is 46.5 Å². The van der Waals surface area contributed by atoms with Crippen molar-refractivity contribution in [3.8, 4) is 5.75 Å². The van der Waals surface area contributed by atoms with E-state index in [1.54, 1.807) is 6.07 Å². The van der Waals surface area contributed by atoms with Crippen LogP contribution in [0.4, 0.5) is 4.39 Å². The Bertz CT molecular complexity index is 626. The number of aryl methyl sites for hydroxylation is 1. The first-order valence-electron chi connectivity index (χ1n) is 6.42. The summed E-state index contributed by atoms with van der Waals surface area (Å²) >= 11 is 3.30. The molecule has 0 saturated heterocycles. The number of aliphatic carboxylic acids is 1. The molecule has 1 N–H and O–H groups in total. The summed E-state index contributed by atoms with van der Waals surface area (Å²) in [6.45, 7) is 0.321. The van der Waals surface area contributed by atoms with Gasteiger partial charge in [-0.1, -0.05) is 24.3 Å². The molecule has 5 heteroatoms. The third kappa shape index (κ3) is 4.86. The molecule has 0 bridgehead atoms. The average molecular weight is 353 g/mol. The highest BCUT2D eigenvalue weighted by molar-refractivity contribution is 9.10. The van der Waals surface area contributed by atoms with Gasteiger partial charge in [-0.25, -0.2) is 4.39 Å². The average Bonchev–Trinajstić information content (AvgIpc) is 2.47. The highest BCUT2D eigenvalue weighted by Crippen LogP contribution is 2.26. The second-order valence-corrected chi connectivity index (χ2v) is 5.43. The molecule has 0 radical (unpaired) electrons.